The van der Waals surface area contributed by atoms with Crippen LogP contribution in [-0.4, -0.2) is 52.5 Å². The minimum atomic E-state index is -2.30. The number of furan rings is 3. The molecule has 0 fully saturated rings. The van der Waals surface area contributed by atoms with Crippen molar-refractivity contribution in [3.8, 4) is 0 Å². The molecule has 12 aromatic rings. The smallest absolute Gasteiger partial charge is 0.159 e. The zero-order valence-corrected chi connectivity index (χ0v) is 46.1. The second-order valence-electron chi connectivity index (χ2n) is 21.2. The predicted octanol–water partition coefficient (Wildman–Crippen LogP) is 17.2. The van der Waals surface area contributed by atoms with Crippen LogP contribution in [-0.2, 0) is 0 Å². The first-order chi connectivity index (χ1) is 40.1. The molecule has 6 aromatic carbocycles. The molecule has 0 amide bonds. The Kier molecular flexibility index (Phi) is 10.7. The molecule has 15 rings (SSSR count). The Balaban J connectivity index is 0.000000118. The molecular weight excluding hydrogens is 979 g/mol. The Morgan fingerprint density at radius 1 is 0.405 bits per heavy atom. The number of anilines is 9. The number of pyridine rings is 3. The van der Waals surface area contributed by atoms with Gasteiger partial charge in [0.2, 0.25) is 0 Å². The van der Waals surface area contributed by atoms with Crippen molar-refractivity contribution >= 4 is 117 Å². The van der Waals surface area contributed by atoms with Crippen molar-refractivity contribution in [1.29, 1.82) is 0 Å². The van der Waals surface area contributed by atoms with Crippen molar-refractivity contribution < 1.29 is 20.1 Å². The van der Waals surface area contributed by atoms with Crippen LogP contribution in [0, 0.1) is 20.8 Å². The van der Waals surface area contributed by atoms with Crippen molar-refractivity contribution in [2.45, 2.75) is 99.8 Å². The van der Waals surface area contributed by atoms with Gasteiger partial charge in [-0.15, -0.1) is 0 Å². The molecule has 0 bridgehead atoms. The Hall–Kier alpha value is -9.03. The minimum absolute atomic E-state index is 0.0603. The number of nitrogens with zero attached hydrogens (tertiary/aromatic N) is 9. The van der Waals surface area contributed by atoms with Crippen molar-refractivity contribution in [2.75, 3.05) is 36.4 Å². The van der Waals surface area contributed by atoms with E-state index in [1.807, 2.05) is 156 Å². The molecule has 3 aliphatic rings. The average molecular weight is 1050 g/mol. The molecule has 0 spiro atoms. The molecule has 12 heteroatoms. The zero-order valence-electron chi connectivity index (χ0n) is 51.1. The largest absolute Gasteiger partial charge is 0.454 e. The fourth-order valence-electron chi connectivity index (χ4n) is 12.4. The first-order valence-electron chi connectivity index (χ1n) is 29.5. The number of hydrogen-bond donors (Lipinski definition) is 0. The van der Waals surface area contributed by atoms with Crippen LogP contribution in [0.2, 0.25) is 0 Å². The van der Waals surface area contributed by atoms with E-state index in [0.29, 0.717) is 5.82 Å². The van der Waals surface area contributed by atoms with E-state index in [0.717, 1.165) is 128 Å². The van der Waals surface area contributed by atoms with E-state index in [4.69, 9.17) is 30.1 Å². The summed E-state index contributed by atoms with van der Waals surface area (Å²) in [5, 5.41) is 6.49. The summed E-state index contributed by atoms with van der Waals surface area (Å²) in [5.74, 6) is 2.19. The highest BCUT2D eigenvalue weighted by atomic mass is 16.3. The highest BCUT2D eigenvalue weighted by Gasteiger charge is 2.40. The highest BCUT2D eigenvalue weighted by molar-refractivity contribution is 6.13. The summed E-state index contributed by atoms with van der Waals surface area (Å²) in [6, 6.07) is 47.0. The molecule has 0 radical (unpaired) electrons. The summed E-state index contributed by atoms with van der Waals surface area (Å²) >= 11 is 0. The molecule has 3 unspecified atom stereocenters. The maximum Gasteiger partial charge on any atom is 0.159 e. The Morgan fingerprint density at radius 2 is 0.759 bits per heavy atom. The number of benzene rings is 6. The van der Waals surface area contributed by atoms with Crippen LogP contribution in [0.1, 0.15) is 72.0 Å². The van der Waals surface area contributed by atoms with Crippen LogP contribution in [0.4, 0.5) is 51.6 Å². The summed E-state index contributed by atoms with van der Waals surface area (Å²) in [5.41, 5.74) is 14.0. The van der Waals surface area contributed by atoms with E-state index >= 15 is 0 Å². The van der Waals surface area contributed by atoms with Gasteiger partial charge in [-0.1, -0.05) is 91.0 Å². The van der Waals surface area contributed by atoms with Crippen molar-refractivity contribution in [3.05, 3.63) is 181 Å². The maximum atomic E-state index is 8.70. The van der Waals surface area contributed by atoms with Crippen LogP contribution in [0.5, 0.6) is 0 Å². The lowest BCUT2D eigenvalue weighted by molar-refractivity contribution is 0.602. The summed E-state index contributed by atoms with van der Waals surface area (Å²) in [6.07, 6.45) is 4.70. The van der Waals surface area contributed by atoms with Gasteiger partial charge >= 0.3 is 0 Å². The van der Waals surface area contributed by atoms with Crippen LogP contribution in [0.3, 0.4) is 0 Å². The van der Waals surface area contributed by atoms with Crippen LogP contribution in [0.25, 0.3) is 65.8 Å². The number of aryl methyl sites for hydroxylation is 3. The Bertz CT molecular complexity index is 4090. The predicted molar refractivity (Wildman–Crippen MR) is 327 cm³/mol. The Morgan fingerprint density at radius 3 is 1.14 bits per heavy atom. The molecule has 396 valence electrons. The molecule has 12 nitrogen and oxygen atoms in total. The minimum Gasteiger partial charge on any atom is -0.454 e. The first-order valence-corrected chi connectivity index (χ1v) is 27.0. The molecular formula is C67H65N9O3. The molecule has 3 atom stereocenters. The lowest BCUT2D eigenvalue weighted by Gasteiger charge is -2.33. The third-order valence-corrected chi connectivity index (χ3v) is 15.9. The van der Waals surface area contributed by atoms with E-state index in [9.17, 15) is 0 Å². The molecule has 6 aromatic heterocycles. The van der Waals surface area contributed by atoms with Crippen molar-refractivity contribution in [1.82, 2.24) is 15.0 Å². The molecule has 9 heterocycles. The summed E-state index contributed by atoms with van der Waals surface area (Å²) < 4.78 is 60.3. The van der Waals surface area contributed by atoms with E-state index in [1.165, 1.54) is 4.90 Å². The fraction of sp³-hybridized carbons (Fsp3) is 0.239. The molecule has 0 aliphatic carbocycles. The summed E-state index contributed by atoms with van der Waals surface area (Å²) in [6.45, 7) is 17.7. The van der Waals surface area contributed by atoms with Crippen molar-refractivity contribution in [2.24, 2.45) is 0 Å². The number of hydrogen-bond acceptors (Lipinski definition) is 12. The number of rotatable bonds is 5. The van der Waals surface area contributed by atoms with Crippen LogP contribution in [0.15, 0.2) is 177 Å². The van der Waals surface area contributed by atoms with E-state index < -0.39 is 25.2 Å². The van der Waals surface area contributed by atoms with Gasteiger partial charge in [0, 0.05) is 74.0 Å². The van der Waals surface area contributed by atoms with Gasteiger partial charge in [0.25, 0.3) is 0 Å². The zero-order chi connectivity index (χ0) is 58.9. The van der Waals surface area contributed by atoms with Crippen molar-refractivity contribution in [3.63, 3.8) is 0 Å². The lowest BCUT2D eigenvalue weighted by atomic mass is 10.1. The standard InChI is InChI=1S/2C23H23N3O.C21H19N3O/c2*1-14(2)25-16(4)26(23-19(25)9-7-13-24-23)21-15(3)11-12-18-17-8-5-6-10-20(17)27-22(18)21;1-13-10-11-16-15-7-4-5-9-18(15)25-20(16)19(13)24-14(2)23(3)21-17(24)8-6-12-22-21/h2*5-14,16H,1-4H3;4-12,14H,1-3H3/i2*14D;3D3. The summed E-state index contributed by atoms with van der Waals surface area (Å²) in [4.78, 5) is 25.8. The first kappa shape index (κ1) is 44.0. The monoisotopic (exact) mass is 1050 g/mol. The van der Waals surface area contributed by atoms with Gasteiger partial charge in [-0.3, -0.25) is 0 Å². The second-order valence-corrected chi connectivity index (χ2v) is 21.2. The summed E-state index contributed by atoms with van der Waals surface area (Å²) in [7, 11) is 0. The second kappa shape index (κ2) is 19.2. The fourth-order valence-corrected chi connectivity index (χ4v) is 12.4. The molecule has 0 saturated heterocycles. The number of para-hydroxylation sites is 3. The quantitative estimate of drug-likeness (QED) is 0.164. The van der Waals surface area contributed by atoms with Gasteiger partial charge in [0.15, 0.2) is 34.2 Å². The third kappa shape index (κ3) is 7.74. The molecule has 79 heavy (non-hydrogen) atoms. The van der Waals surface area contributed by atoms with Crippen LogP contribution >= 0.6 is 0 Å². The van der Waals surface area contributed by atoms with E-state index in [-0.39, 0.29) is 12.3 Å². The van der Waals surface area contributed by atoms with Gasteiger partial charge in [0.1, 0.15) is 35.2 Å². The topological polar surface area (TPSA) is 97.5 Å². The molecule has 3 aliphatic heterocycles. The maximum absolute atomic E-state index is 8.70. The van der Waals surface area contributed by atoms with Gasteiger partial charge in [-0.25, -0.2) is 15.0 Å². The SMILES string of the molecule is [2H]C(C)(C)N1c2cccnc2N(c2c(C)ccc3c2oc2ccccc23)C1C.[2H]C(C)(C)N1c2cccnc2N(c2c(C)ccc3c2oc2ccccc23)C1C.[2H]C([2H])([2H])N1c2ncccc2N(c2c(C)ccc3c2oc2ccccc23)C1C. The van der Waals surface area contributed by atoms with Gasteiger partial charge in [-0.2, -0.15) is 0 Å². The highest BCUT2D eigenvalue weighted by Crippen LogP contribution is 2.51. The lowest BCUT2D eigenvalue weighted by Crippen LogP contribution is -2.42. The van der Waals surface area contributed by atoms with Gasteiger partial charge < -0.3 is 42.7 Å². The third-order valence-electron chi connectivity index (χ3n) is 15.9. The number of aromatic nitrogens is 3. The average Bonchev–Trinajstić information content (AvgIpc) is 1.91. The van der Waals surface area contributed by atoms with Gasteiger partial charge in [0.05, 0.1) is 36.9 Å². The number of fused-ring (bicyclic) bond motifs is 12. The molecule has 0 saturated carbocycles. The van der Waals surface area contributed by atoms with Gasteiger partial charge in [-0.05, 0) is 141 Å². The molecule has 0 N–H and O–H groups in total. The van der Waals surface area contributed by atoms with E-state index in [2.05, 4.69) is 101 Å². The van der Waals surface area contributed by atoms with Crippen LogP contribution < -0.4 is 29.4 Å². The van der Waals surface area contributed by atoms with E-state index in [1.54, 1.807) is 6.20 Å². The Labute approximate surface area is 467 Å². The normalized spacial score (nSPS) is 18.1.